The molecule has 3 nitrogen and oxygen atoms in total. The predicted molar refractivity (Wildman–Crippen MR) is 80.1 cm³/mol. The van der Waals surface area contributed by atoms with Crippen LogP contribution in [0, 0.1) is 0 Å². The Morgan fingerprint density at radius 3 is 2.40 bits per heavy atom. The number of nitrogens with one attached hydrogen (secondary N) is 1. The van der Waals surface area contributed by atoms with Crippen molar-refractivity contribution in [3.05, 3.63) is 65.2 Å². The third-order valence-electron chi connectivity index (χ3n) is 2.93. The van der Waals surface area contributed by atoms with Crippen LogP contribution in [0.4, 0.5) is 4.79 Å². The SMILES string of the molecule is CCC(NC(=O)Oc1ccccc1)c1ccc(Cl)cc1. The average molecular weight is 290 g/mol. The van der Waals surface area contributed by atoms with Crippen molar-refractivity contribution in [2.45, 2.75) is 19.4 Å². The molecule has 0 saturated carbocycles. The Kier molecular flexibility index (Phi) is 5.02. The molecule has 104 valence electrons. The van der Waals surface area contributed by atoms with E-state index < -0.39 is 6.09 Å². The highest BCUT2D eigenvalue weighted by Gasteiger charge is 2.13. The molecule has 0 heterocycles. The molecular formula is C16H16ClNO2. The summed E-state index contributed by atoms with van der Waals surface area (Å²) in [6.45, 7) is 2.00. The summed E-state index contributed by atoms with van der Waals surface area (Å²) < 4.78 is 5.22. The Labute approximate surface area is 123 Å². The van der Waals surface area contributed by atoms with Gasteiger partial charge in [-0.1, -0.05) is 48.9 Å². The molecule has 1 unspecified atom stereocenters. The first-order chi connectivity index (χ1) is 9.69. The lowest BCUT2D eigenvalue weighted by atomic mass is 10.1. The molecule has 20 heavy (non-hydrogen) atoms. The minimum atomic E-state index is -0.460. The molecular weight excluding hydrogens is 274 g/mol. The molecule has 0 bridgehead atoms. The fraction of sp³-hybridized carbons (Fsp3) is 0.188. The summed E-state index contributed by atoms with van der Waals surface area (Å²) in [5.41, 5.74) is 1.00. The van der Waals surface area contributed by atoms with Gasteiger partial charge in [-0.3, -0.25) is 0 Å². The van der Waals surface area contributed by atoms with Gasteiger partial charge in [0.1, 0.15) is 5.75 Å². The fourth-order valence-corrected chi connectivity index (χ4v) is 2.01. The van der Waals surface area contributed by atoms with Crippen LogP contribution in [0.15, 0.2) is 54.6 Å². The standard InChI is InChI=1S/C16H16ClNO2/c1-2-15(12-8-10-13(17)11-9-12)18-16(19)20-14-6-4-3-5-7-14/h3-11,15H,2H2,1H3,(H,18,19). The van der Waals surface area contributed by atoms with E-state index >= 15 is 0 Å². The summed E-state index contributed by atoms with van der Waals surface area (Å²) in [7, 11) is 0. The number of ether oxygens (including phenoxy) is 1. The molecule has 1 amide bonds. The Hall–Kier alpha value is -2.00. The summed E-state index contributed by atoms with van der Waals surface area (Å²) in [4.78, 5) is 11.9. The van der Waals surface area contributed by atoms with Crippen molar-refractivity contribution >= 4 is 17.7 Å². The Balaban J connectivity index is 1.99. The van der Waals surface area contributed by atoms with E-state index in [0.717, 1.165) is 12.0 Å². The molecule has 0 spiro atoms. The number of amides is 1. The van der Waals surface area contributed by atoms with Crippen LogP contribution in [0.1, 0.15) is 24.9 Å². The van der Waals surface area contributed by atoms with Gasteiger partial charge in [0.2, 0.25) is 0 Å². The third kappa shape index (κ3) is 4.00. The molecule has 0 aliphatic rings. The Morgan fingerprint density at radius 2 is 1.80 bits per heavy atom. The van der Waals surface area contributed by atoms with Crippen LogP contribution >= 0.6 is 11.6 Å². The van der Waals surface area contributed by atoms with Crippen LogP contribution < -0.4 is 10.1 Å². The molecule has 0 fully saturated rings. The van der Waals surface area contributed by atoms with E-state index in [1.54, 1.807) is 12.1 Å². The maximum Gasteiger partial charge on any atom is 0.413 e. The normalized spacial score (nSPS) is 11.7. The zero-order chi connectivity index (χ0) is 14.4. The first-order valence-electron chi connectivity index (χ1n) is 6.48. The van der Waals surface area contributed by atoms with E-state index in [2.05, 4.69) is 5.32 Å². The lowest BCUT2D eigenvalue weighted by molar-refractivity contribution is 0.195. The van der Waals surface area contributed by atoms with Gasteiger partial charge in [0.15, 0.2) is 0 Å². The van der Waals surface area contributed by atoms with Crippen LogP contribution in [0.2, 0.25) is 5.02 Å². The van der Waals surface area contributed by atoms with Gasteiger partial charge >= 0.3 is 6.09 Å². The topological polar surface area (TPSA) is 38.3 Å². The van der Waals surface area contributed by atoms with Gasteiger partial charge in [-0.05, 0) is 36.2 Å². The summed E-state index contributed by atoms with van der Waals surface area (Å²) in [5.74, 6) is 0.524. The number of halogens is 1. The second-order valence-corrected chi connectivity index (χ2v) is 4.80. The highest BCUT2D eigenvalue weighted by Crippen LogP contribution is 2.19. The first kappa shape index (κ1) is 14.4. The number of carbonyl (C=O) groups excluding carboxylic acids is 1. The lowest BCUT2D eigenvalue weighted by Crippen LogP contribution is -2.30. The maximum absolute atomic E-state index is 11.9. The highest BCUT2D eigenvalue weighted by atomic mass is 35.5. The second-order valence-electron chi connectivity index (χ2n) is 4.36. The van der Waals surface area contributed by atoms with Crippen LogP contribution in [0.3, 0.4) is 0 Å². The van der Waals surface area contributed by atoms with Gasteiger partial charge in [0.25, 0.3) is 0 Å². The van der Waals surface area contributed by atoms with Crippen molar-refractivity contribution in [3.8, 4) is 5.75 Å². The highest BCUT2D eigenvalue weighted by molar-refractivity contribution is 6.30. The minimum Gasteiger partial charge on any atom is -0.410 e. The lowest BCUT2D eigenvalue weighted by Gasteiger charge is -2.17. The monoisotopic (exact) mass is 289 g/mol. The van der Waals surface area contributed by atoms with Crippen molar-refractivity contribution < 1.29 is 9.53 Å². The number of hydrogen-bond donors (Lipinski definition) is 1. The van der Waals surface area contributed by atoms with Crippen molar-refractivity contribution in [1.82, 2.24) is 5.32 Å². The van der Waals surface area contributed by atoms with Crippen molar-refractivity contribution in [3.63, 3.8) is 0 Å². The summed E-state index contributed by atoms with van der Waals surface area (Å²) in [6.07, 6.45) is 0.309. The summed E-state index contributed by atoms with van der Waals surface area (Å²) in [6, 6.07) is 16.3. The minimum absolute atomic E-state index is 0.0940. The molecule has 2 rings (SSSR count). The molecule has 2 aromatic carbocycles. The van der Waals surface area contributed by atoms with Gasteiger partial charge in [0, 0.05) is 5.02 Å². The van der Waals surface area contributed by atoms with E-state index in [1.165, 1.54) is 0 Å². The number of rotatable bonds is 4. The Bertz CT molecular complexity index is 554. The average Bonchev–Trinajstić information content (AvgIpc) is 2.47. The predicted octanol–water partition coefficient (Wildman–Crippen LogP) is 4.58. The van der Waals surface area contributed by atoms with Crippen LogP contribution in [-0.4, -0.2) is 6.09 Å². The molecule has 2 aromatic rings. The number of carbonyl (C=O) groups is 1. The van der Waals surface area contributed by atoms with E-state index in [-0.39, 0.29) is 6.04 Å². The molecule has 1 atom stereocenters. The fourth-order valence-electron chi connectivity index (χ4n) is 1.88. The molecule has 0 aliphatic heterocycles. The summed E-state index contributed by atoms with van der Waals surface area (Å²) >= 11 is 5.86. The van der Waals surface area contributed by atoms with Crippen LogP contribution in [-0.2, 0) is 0 Å². The molecule has 1 N–H and O–H groups in total. The number of hydrogen-bond acceptors (Lipinski definition) is 2. The Morgan fingerprint density at radius 1 is 1.15 bits per heavy atom. The van der Waals surface area contributed by atoms with Gasteiger partial charge in [-0.25, -0.2) is 4.79 Å². The number of para-hydroxylation sites is 1. The van der Waals surface area contributed by atoms with Gasteiger partial charge in [0.05, 0.1) is 6.04 Å². The van der Waals surface area contributed by atoms with Gasteiger partial charge in [-0.15, -0.1) is 0 Å². The van der Waals surface area contributed by atoms with Crippen LogP contribution in [0.25, 0.3) is 0 Å². The number of benzene rings is 2. The van der Waals surface area contributed by atoms with Crippen molar-refractivity contribution in [1.29, 1.82) is 0 Å². The maximum atomic E-state index is 11.9. The molecule has 4 heteroatoms. The molecule has 0 saturated heterocycles. The first-order valence-corrected chi connectivity index (χ1v) is 6.85. The quantitative estimate of drug-likeness (QED) is 0.894. The van der Waals surface area contributed by atoms with Crippen LogP contribution in [0.5, 0.6) is 5.75 Å². The van der Waals surface area contributed by atoms with E-state index in [1.807, 2.05) is 49.4 Å². The van der Waals surface area contributed by atoms with Crippen molar-refractivity contribution in [2.75, 3.05) is 0 Å². The largest absolute Gasteiger partial charge is 0.413 e. The third-order valence-corrected chi connectivity index (χ3v) is 3.18. The van der Waals surface area contributed by atoms with E-state index in [4.69, 9.17) is 16.3 Å². The smallest absolute Gasteiger partial charge is 0.410 e. The van der Waals surface area contributed by atoms with Crippen molar-refractivity contribution in [2.24, 2.45) is 0 Å². The second kappa shape index (κ2) is 6.96. The molecule has 0 radical (unpaired) electrons. The molecule has 0 aromatic heterocycles. The van der Waals surface area contributed by atoms with E-state index in [9.17, 15) is 4.79 Å². The molecule has 0 aliphatic carbocycles. The van der Waals surface area contributed by atoms with Gasteiger partial charge in [-0.2, -0.15) is 0 Å². The zero-order valence-corrected chi connectivity index (χ0v) is 11.9. The zero-order valence-electron chi connectivity index (χ0n) is 11.2. The summed E-state index contributed by atoms with van der Waals surface area (Å²) in [5, 5.41) is 3.52. The van der Waals surface area contributed by atoms with Gasteiger partial charge < -0.3 is 10.1 Å². The van der Waals surface area contributed by atoms with E-state index in [0.29, 0.717) is 10.8 Å².